The molecule has 0 saturated carbocycles. The molecule has 0 N–H and O–H groups in total. The molecule has 0 unspecified atom stereocenters. The number of aromatic nitrogens is 2. The summed E-state index contributed by atoms with van der Waals surface area (Å²) in [7, 11) is 1.74. The molecule has 0 saturated heterocycles. The van der Waals surface area contributed by atoms with Gasteiger partial charge in [-0.2, -0.15) is 5.10 Å². The van der Waals surface area contributed by atoms with Gasteiger partial charge in [-0.15, -0.1) is 0 Å². The number of rotatable bonds is 6. The Bertz CT molecular complexity index is 268. The Kier molecular flexibility index (Phi) is 4.66. The molecule has 1 heterocycles. The smallest absolute Gasteiger partial charge is 0.0624 e. The van der Waals surface area contributed by atoms with Gasteiger partial charge in [0.2, 0.25) is 0 Å². The van der Waals surface area contributed by atoms with Crippen LogP contribution in [0.3, 0.4) is 0 Å². The van der Waals surface area contributed by atoms with E-state index >= 15 is 0 Å². The fourth-order valence-corrected chi connectivity index (χ4v) is 1.52. The van der Waals surface area contributed by atoms with E-state index < -0.39 is 0 Å². The standard InChI is InChI=1S/C11H20N2O/c1-4-10-9-11(5-2)13(12-10)7-6-8-14-3/h9H,4-8H2,1-3H3. The average molecular weight is 196 g/mol. The van der Waals surface area contributed by atoms with Crippen LogP contribution in [0.25, 0.3) is 0 Å². The van der Waals surface area contributed by atoms with Crippen molar-refractivity contribution >= 4 is 0 Å². The molecule has 0 aliphatic rings. The highest BCUT2D eigenvalue weighted by Crippen LogP contribution is 2.06. The molecule has 0 aliphatic carbocycles. The zero-order valence-electron chi connectivity index (χ0n) is 9.42. The van der Waals surface area contributed by atoms with E-state index in [1.165, 1.54) is 11.4 Å². The van der Waals surface area contributed by atoms with E-state index in [0.717, 1.165) is 32.4 Å². The van der Waals surface area contributed by atoms with Crippen LogP contribution >= 0.6 is 0 Å². The minimum Gasteiger partial charge on any atom is -0.385 e. The topological polar surface area (TPSA) is 27.1 Å². The quantitative estimate of drug-likeness (QED) is 0.651. The van der Waals surface area contributed by atoms with Gasteiger partial charge in [-0.25, -0.2) is 0 Å². The maximum atomic E-state index is 5.03. The first-order valence-corrected chi connectivity index (χ1v) is 5.36. The number of hydrogen-bond donors (Lipinski definition) is 0. The maximum Gasteiger partial charge on any atom is 0.0624 e. The van der Waals surface area contributed by atoms with Gasteiger partial charge in [-0.05, 0) is 25.3 Å². The summed E-state index contributed by atoms with van der Waals surface area (Å²) >= 11 is 0. The van der Waals surface area contributed by atoms with E-state index in [1.807, 2.05) is 0 Å². The summed E-state index contributed by atoms with van der Waals surface area (Å²) in [5.74, 6) is 0. The molecule has 0 radical (unpaired) electrons. The largest absolute Gasteiger partial charge is 0.385 e. The Balaban J connectivity index is 2.59. The summed E-state index contributed by atoms with van der Waals surface area (Å²) in [6.45, 7) is 6.09. The fourth-order valence-electron chi connectivity index (χ4n) is 1.52. The van der Waals surface area contributed by atoms with Gasteiger partial charge < -0.3 is 4.74 Å². The predicted octanol–water partition coefficient (Wildman–Crippen LogP) is 2.04. The molecule has 0 atom stereocenters. The van der Waals surface area contributed by atoms with Gasteiger partial charge in [0.05, 0.1) is 5.69 Å². The lowest BCUT2D eigenvalue weighted by atomic mass is 10.2. The number of hydrogen-bond acceptors (Lipinski definition) is 2. The van der Waals surface area contributed by atoms with Crippen molar-refractivity contribution in [3.63, 3.8) is 0 Å². The highest BCUT2D eigenvalue weighted by molar-refractivity contribution is 5.10. The highest BCUT2D eigenvalue weighted by atomic mass is 16.5. The molecular formula is C11H20N2O. The summed E-state index contributed by atoms with van der Waals surface area (Å²) in [4.78, 5) is 0. The van der Waals surface area contributed by atoms with Gasteiger partial charge in [-0.3, -0.25) is 4.68 Å². The number of methoxy groups -OCH3 is 1. The molecule has 1 aromatic rings. The van der Waals surface area contributed by atoms with Gasteiger partial charge >= 0.3 is 0 Å². The van der Waals surface area contributed by atoms with Crippen LogP contribution in [0.4, 0.5) is 0 Å². The minimum atomic E-state index is 0.810. The van der Waals surface area contributed by atoms with E-state index in [9.17, 15) is 0 Å². The first kappa shape index (κ1) is 11.2. The SMILES string of the molecule is CCc1cc(CC)n(CCCOC)n1. The summed E-state index contributed by atoms with van der Waals surface area (Å²) < 4.78 is 7.14. The van der Waals surface area contributed by atoms with Crippen molar-refractivity contribution in [3.8, 4) is 0 Å². The van der Waals surface area contributed by atoms with Gasteiger partial charge in [0.1, 0.15) is 0 Å². The Morgan fingerprint density at radius 2 is 2.14 bits per heavy atom. The molecular weight excluding hydrogens is 176 g/mol. The van der Waals surface area contributed by atoms with Crippen molar-refractivity contribution in [1.29, 1.82) is 0 Å². The van der Waals surface area contributed by atoms with Gasteiger partial charge in [-0.1, -0.05) is 13.8 Å². The molecule has 3 heteroatoms. The van der Waals surface area contributed by atoms with Crippen LogP contribution in [-0.2, 0) is 24.1 Å². The Morgan fingerprint density at radius 3 is 2.71 bits per heavy atom. The van der Waals surface area contributed by atoms with Crippen molar-refractivity contribution < 1.29 is 4.74 Å². The van der Waals surface area contributed by atoms with E-state index in [1.54, 1.807) is 7.11 Å². The number of aryl methyl sites for hydroxylation is 3. The van der Waals surface area contributed by atoms with E-state index in [0.29, 0.717) is 0 Å². The second-order valence-electron chi connectivity index (χ2n) is 3.40. The molecule has 0 fully saturated rings. The van der Waals surface area contributed by atoms with Crippen LogP contribution in [-0.4, -0.2) is 23.5 Å². The zero-order chi connectivity index (χ0) is 10.4. The zero-order valence-corrected chi connectivity index (χ0v) is 9.42. The Morgan fingerprint density at radius 1 is 1.36 bits per heavy atom. The lowest BCUT2D eigenvalue weighted by Gasteiger charge is -2.04. The molecule has 0 aliphatic heterocycles. The molecule has 1 rings (SSSR count). The first-order valence-electron chi connectivity index (χ1n) is 5.36. The molecule has 3 nitrogen and oxygen atoms in total. The van der Waals surface area contributed by atoms with Crippen molar-refractivity contribution in [3.05, 3.63) is 17.5 Å². The minimum absolute atomic E-state index is 0.810. The lowest BCUT2D eigenvalue weighted by Crippen LogP contribution is -2.06. The van der Waals surface area contributed by atoms with Crippen LogP contribution in [0, 0.1) is 0 Å². The first-order chi connectivity index (χ1) is 6.81. The molecule has 0 amide bonds. The third-order valence-electron chi connectivity index (χ3n) is 2.36. The third kappa shape index (κ3) is 2.84. The summed E-state index contributed by atoms with van der Waals surface area (Å²) in [6, 6.07) is 2.20. The average Bonchev–Trinajstić information content (AvgIpc) is 2.61. The van der Waals surface area contributed by atoms with Crippen LogP contribution in [0.2, 0.25) is 0 Å². The summed E-state index contributed by atoms with van der Waals surface area (Å²) in [5, 5.41) is 4.53. The molecule has 0 spiro atoms. The van der Waals surface area contributed by atoms with Crippen LogP contribution < -0.4 is 0 Å². The number of nitrogens with zero attached hydrogens (tertiary/aromatic N) is 2. The molecule has 0 aromatic carbocycles. The summed E-state index contributed by atoms with van der Waals surface area (Å²) in [5.41, 5.74) is 2.53. The Hall–Kier alpha value is -0.830. The second kappa shape index (κ2) is 5.81. The van der Waals surface area contributed by atoms with E-state index in [4.69, 9.17) is 4.74 Å². The van der Waals surface area contributed by atoms with Crippen LogP contribution in [0.15, 0.2) is 6.07 Å². The normalized spacial score (nSPS) is 10.8. The highest BCUT2D eigenvalue weighted by Gasteiger charge is 2.04. The molecule has 80 valence electrons. The summed E-state index contributed by atoms with van der Waals surface area (Å²) in [6.07, 6.45) is 3.11. The van der Waals surface area contributed by atoms with Crippen molar-refractivity contribution in [2.75, 3.05) is 13.7 Å². The molecule has 0 bridgehead atoms. The van der Waals surface area contributed by atoms with Crippen molar-refractivity contribution in [2.24, 2.45) is 0 Å². The van der Waals surface area contributed by atoms with Crippen molar-refractivity contribution in [1.82, 2.24) is 9.78 Å². The van der Waals surface area contributed by atoms with E-state index in [2.05, 4.69) is 29.7 Å². The lowest BCUT2D eigenvalue weighted by molar-refractivity contribution is 0.188. The Labute approximate surface area is 86.1 Å². The van der Waals surface area contributed by atoms with Crippen LogP contribution in [0.5, 0.6) is 0 Å². The van der Waals surface area contributed by atoms with Gasteiger partial charge in [0, 0.05) is 26.0 Å². The maximum absolute atomic E-state index is 5.03. The van der Waals surface area contributed by atoms with E-state index in [-0.39, 0.29) is 0 Å². The number of ether oxygens (including phenoxy) is 1. The van der Waals surface area contributed by atoms with Crippen molar-refractivity contribution in [2.45, 2.75) is 39.7 Å². The molecule has 14 heavy (non-hydrogen) atoms. The van der Waals surface area contributed by atoms with Gasteiger partial charge in [0.25, 0.3) is 0 Å². The fraction of sp³-hybridized carbons (Fsp3) is 0.727. The molecule has 1 aromatic heterocycles. The predicted molar refractivity (Wildman–Crippen MR) is 57.5 cm³/mol. The monoisotopic (exact) mass is 196 g/mol. The second-order valence-corrected chi connectivity index (χ2v) is 3.40. The van der Waals surface area contributed by atoms with Crippen LogP contribution in [0.1, 0.15) is 31.7 Å². The van der Waals surface area contributed by atoms with Gasteiger partial charge in [0.15, 0.2) is 0 Å². The third-order valence-corrected chi connectivity index (χ3v) is 2.36.